The van der Waals surface area contributed by atoms with Crippen LogP contribution in [0.5, 0.6) is 5.75 Å². The molecule has 8 heteroatoms. The number of nitrogens with two attached hydrogens (primary N) is 1. The molecule has 0 aromatic carbocycles. The van der Waals surface area contributed by atoms with Gasteiger partial charge in [0, 0.05) is 0 Å². The monoisotopic (exact) mass is 242 g/mol. The highest BCUT2D eigenvalue weighted by Gasteiger charge is 2.37. The molecule has 1 aromatic heterocycles. The number of rotatable bonds is 2. The first-order chi connectivity index (χ1) is 7.27. The van der Waals surface area contributed by atoms with Crippen LogP contribution >= 0.6 is 0 Å². The van der Waals surface area contributed by atoms with Gasteiger partial charge in [-0.1, -0.05) is 0 Å². The second-order valence-electron chi connectivity index (χ2n) is 2.81. The molecule has 0 spiro atoms. The number of pyridine rings is 1. The van der Waals surface area contributed by atoms with E-state index in [-0.39, 0.29) is 0 Å². The van der Waals surface area contributed by atoms with Crippen molar-refractivity contribution in [2.75, 3.05) is 12.8 Å². The van der Waals surface area contributed by atoms with Gasteiger partial charge in [-0.15, -0.1) is 0 Å². The molecule has 0 bridgehead atoms. The molecule has 0 radical (unpaired) electrons. The summed E-state index contributed by atoms with van der Waals surface area (Å²) in [5, 5.41) is 0. The van der Waals surface area contributed by atoms with E-state index in [9.17, 15) is 22.0 Å². The van der Waals surface area contributed by atoms with Gasteiger partial charge in [0.15, 0.2) is 11.4 Å². The lowest BCUT2D eigenvalue weighted by molar-refractivity contribution is -0.139. The fourth-order valence-electron chi connectivity index (χ4n) is 1.15. The maximum absolute atomic E-state index is 12.5. The van der Waals surface area contributed by atoms with E-state index in [4.69, 9.17) is 5.73 Å². The van der Waals surface area contributed by atoms with Crippen LogP contribution in [0.3, 0.4) is 0 Å². The molecule has 0 saturated heterocycles. The smallest absolute Gasteiger partial charge is 0.420 e. The molecule has 1 heterocycles. The Morgan fingerprint density at radius 3 is 2.31 bits per heavy atom. The summed E-state index contributed by atoms with van der Waals surface area (Å²) in [5.74, 6) is -1.64. The minimum atomic E-state index is -4.83. The van der Waals surface area contributed by atoms with Gasteiger partial charge in [-0.25, -0.2) is 13.8 Å². The highest BCUT2D eigenvalue weighted by Crippen LogP contribution is 2.41. The van der Waals surface area contributed by atoms with Gasteiger partial charge in [-0.3, -0.25) is 0 Å². The number of anilines is 1. The molecule has 16 heavy (non-hydrogen) atoms. The zero-order valence-corrected chi connectivity index (χ0v) is 7.98. The van der Waals surface area contributed by atoms with Crippen molar-refractivity contribution >= 4 is 5.82 Å². The lowest BCUT2D eigenvalue weighted by Gasteiger charge is -2.15. The number of aromatic nitrogens is 1. The summed E-state index contributed by atoms with van der Waals surface area (Å²) in [6.07, 6.45) is -8.02. The quantitative estimate of drug-likeness (QED) is 0.811. The molecule has 0 amide bonds. The summed E-state index contributed by atoms with van der Waals surface area (Å²) < 4.78 is 66.4. The van der Waals surface area contributed by atoms with E-state index in [2.05, 4.69) is 9.72 Å². The number of nitrogens with zero attached hydrogens (tertiary/aromatic N) is 1. The molecule has 1 rings (SSSR count). The molecule has 0 aliphatic heterocycles. The van der Waals surface area contributed by atoms with Crippen LogP contribution in [0.4, 0.5) is 27.8 Å². The van der Waals surface area contributed by atoms with Gasteiger partial charge in [0.05, 0.1) is 7.11 Å². The van der Waals surface area contributed by atoms with Crippen LogP contribution in [-0.4, -0.2) is 12.1 Å². The minimum absolute atomic E-state index is 0.449. The molecule has 2 N–H and O–H groups in total. The summed E-state index contributed by atoms with van der Waals surface area (Å²) in [4.78, 5) is 3.12. The maximum atomic E-state index is 12.5. The third-order valence-electron chi connectivity index (χ3n) is 1.74. The first kappa shape index (κ1) is 12.5. The van der Waals surface area contributed by atoms with Gasteiger partial charge in [0.1, 0.15) is 11.4 Å². The number of methoxy groups -OCH3 is 1. The highest BCUT2D eigenvalue weighted by atomic mass is 19.4. The SMILES string of the molecule is COc1c(C(F)(F)F)cc(N)nc1C(F)F. The zero-order chi connectivity index (χ0) is 12.5. The Kier molecular flexibility index (Phi) is 3.20. The van der Waals surface area contributed by atoms with Crippen LogP contribution in [0.15, 0.2) is 6.07 Å². The maximum Gasteiger partial charge on any atom is 0.420 e. The fourth-order valence-corrected chi connectivity index (χ4v) is 1.15. The second kappa shape index (κ2) is 4.11. The topological polar surface area (TPSA) is 48.1 Å². The van der Waals surface area contributed by atoms with Gasteiger partial charge in [0.2, 0.25) is 0 Å². The summed E-state index contributed by atoms with van der Waals surface area (Å²) in [7, 11) is 0.855. The Hall–Kier alpha value is -1.60. The van der Waals surface area contributed by atoms with Crippen LogP contribution in [0, 0.1) is 0 Å². The largest absolute Gasteiger partial charge is 0.494 e. The average molecular weight is 242 g/mol. The van der Waals surface area contributed by atoms with Crippen molar-refractivity contribution in [2.24, 2.45) is 0 Å². The van der Waals surface area contributed by atoms with Crippen LogP contribution in [-0.2, 0) is 6.18 Å². The van der Waals surface area contributed by atoms with Crippen molar-refractivity contribution in [1.29, 1.82) is 0 Å². The number of halogens is 5. The van der Waals surface area contributed by atoms with Crippen LogP contribution in [0.2, 0.25) is 0 Å². The molecule has 1 aromatic rings. The number of hydrogen-bond acceptors (Lipinski definition) is 3. The van der Waals surface area contributed by atoms with Crippen LogP contribution < -0.4 is 10.5 Å². The van der Waals surface area contributed by atoms with Crippen molar-refractivity contribution in [3.63, 3.8) is 0 Å². The predicted molar refractivity (Wildman–Crippen MR) is 45.2 cm³/mol. The van der Waals surface area contributed by atoms with Crippen molar-refractivity contribution in [1.82, 2.24) is 4.98 Å². The first-order valence-electron chi connectivity index (χ1n) is 3.97. The van der Waals surface area contributed by atoms with E-state index < -0.39 is 35.4 Å². The van der Waals surface area contributed by atoms with Crippen molar-refractivity contribution < 1.29 is 26.7 Å². The fraction of sp³-hybridized carbons (Fsp3) is 0.375. The Balaban J connectivity index is 3.49. The number of alkyl halides is 5. The van der Waals surface area contributed by atoms with E-state index in [0.29, 0.717) is 6.07 Å². The Morgan fingerprint density at radius 1 is 1.38 bits per heavy atom. The molecule has 0 aliphatic rings. The summed E-state index contributed by atoms with van der Waals surface area (Å²) in [5.41, 5.74) is 2.54. The van der Waals surface area contributed by atoms with Crippen LogP contribution in [0.25, 0.3) is 0 Å². The molecule has 0 unspecified atom stereocenters. The molecule has 3 nitrogen and oxygen atoms in total. The van der Waals surface area contributed by atoms with Gasteiger partial charge in [-0.05, 0) is 6.07 Å². The third-order valence-corrected chi connectivity index (χ3v) is 1.74. The van der Waals surface area contributed by atoms with E-state index in [1.165, 1.54) is 0 Å². The van der Waals surface area contributed by atoms with E-state index in [0.717, 1.165) is 7.11 Å². The molecular weight excluding hydrogens is 235 g/mol. The van der Waals surface area contributed by atoms with E-state index >= 15 is 0 Å². The van der Waals surface area contributed by atoms with Gasteiger partial charge >= 0.3 is 6.18 Å². The summed E-state index contributed by atoms with van der Waals surface area (Å²) >= 11 is 0. The minimum Gasteiger partial charge on any atom is -0.494 e. The van der Waals surface area contributed by atoms with Crippen LogP contribution in [0.1, 0.15) is 17.7 Å². The Bertz CT molecular complexity index is 391. The lowest BCUT2D eigenvalue weighted by Crippen LogP contribution is -2.12. The third kappa shape index (κ3) is 2.31. The molecule has 0 aliphatic carbocycles. The highest BCUT2D eigenvalue weighted by molar-refractivity contribution is 5.47. The predicted octanol–water partition coefficient (Wildman–Crippen LogP) is 2.63. The Labute approximate surface area is 87.0 Å². The standard InChI is InChI=1S/C8H7F5N2O/c1-16-6-3(8(11,12)13)2-4(14)15-5(6)7(9)10/h2,7H,1H3,(H2,14,15). The first-order valence-corrected chi connectivity index (χ1v) is 3.97. The lowest BCUT2D eigenvalue weighted by atomic mass is 10.2. The number of ether oxygens (including phenoxy) is 1. The second-order valence-corrected chi connectivity index (χ2v) is 2.81. The number of nitrogen functional groups attached to an aromatic ring is 1. The summed E-state index contributed by atoms with van der Waals surface area (Å²) in [6.45, 7) is 0. The number of hydrogen-bond donors (Lipinski definition) is 1. The molecule has 0 atom stereocenters. The molecular formula is C8H7F5N2O. The van der Waals surface area contributed by atoms with Crippen molar-refractivity contribution in [3.05, 3.63) is 17.3 Å². The van der Waals surface area contributed by atoms with Crippen molar-refractivity contribution in [3.8, 4) is 5.75 Å². The van der Waals surface area contributed by atoms with Gasteiger partial charge in [-0.2, -0.15) is 13.2 Å². The molecule has 0 saturated carbocycles. The average Bonchev–Trinajstić information content (AvgIpc) is 2.14. The van der Waals surface area contributed by atoms with E-state index in [1.54, 1.807) is 0 Å². The molecule has 0 fully saturated rings. The van der Waals surface area contributed by atoms with Crippen molar-refractivity contribution in [2.45, 2.75) is 12.6 Å². The zero-order valence-electron chi connectivity index (χ0n) is 7.98. The van der Waals surface area contributed by atoms with E-state index in [1.807, 2.05) is 0 Å². The Morgan fingerprint density at radius 2 is 1.94 bits per heavy atom. The normalized spacial score (nSPS) is 11.9. The summed E-state index contributed by atoms with van der Waals surface area (Å²) in [6, 6.07) is 0.449. The van der Waals surface area contributed by atoms with Gasteiger partial charge < -0.3 is 10.5 Å². The van der Waals surface area contributed by atoms with Gasteiger partial charge in [0.25, 0.3) is 6.43 Å². The molecule has 90 valence electrons.